The summed E-state index contributed by atoms with van der Waals surface area (Å²) in [6, 6.07) is -1.00. The van der Waals surface area contributed by atoms with E-state index in [1.807, 2.05) is 0 Å². The zero-order valence-corrected chi connectivity index (χ0v) is 39.5. The molecule has 0 spiro atoms. The van der Waals surface area contributed by atoms with Crippen LogP contribution in [0.3, 0.4) is 0 Å². The maximum atomic E-state index is 12.5. The number of hydrogen-bond acceptors (Lipinski definition) is 5. The van der Waals surface area contributed by atoms with Gasteiger partial charge in [0.15, 0.2) is 0 Å². The number of rotatable bonds is 48. The van der Waals surface area contributed by atoms with Gasteiger partial charge in [-0.05, 0) is 64.2 Å². The van der Waals surface area contributed by atoms with Crippen LogP contribution in [0.25, 0.3) is 0 Å². The van der Waals surface area contributed by atoms with Gasteiger partial charge in [-0.2, -0.15) is 0 Å². The molecule has 0 aromatic carbocycles. The molecule has 0 aliphatic carbocycles. The molecule has 0 aliphatic heterocycles. The molecule has 0 rings (SSSR count). The first-order valence-electron chi connectivity index (χ1n) is 26.2. The van der Waals surface area contributed by atoms with Gasteiger partial charge in [-0.1, -0.05) is 237 Å². The minimum Gasteiger partial charge on any atom is -0.394 e. The number of allylic oxidation sites excluding steroid dienone is 4. The molecule has 0 saturated heterocycles. The Bertz CT molecular complexity index is 893. The van der Waals surface area contributed by atoms with Gasteiger partial charge in [-0.3, -0.25) is 4.79 Å². The number of hydrogen-bond donors (Lipinski definition) is 5. The van der Waals surface area contributed by atoms with Crippen molar-refractivity contribution in [2.24, 2.45) is 0 Å². The molecule has 4 unspecified atom stereocenters. The van der Waals surface area contributed by atoms with Gasteiger partial charge < -0.3 is 25.7 Å². The lowest BCUT2D eigenvalue weighted by Gasteiger charge is -2.27. The van der Waals surface area contributed by atoms with E-state index in [0.29, 0.717) is 12.8 Å². The van der Waals surface area contributed by atoms with Crippen LogP contribution in [0, 0.1) is 0 Å². The van der Waals surface area contributed by atoms with E-state index in [0.717, 1.165) is 57.8 Å². The normalized spacial score (nSPS) is 14.1. The summed E-state index contributed by atoms with van der Waals surface area (Å²) in [6.07, 6.45) is 57.0. The number of unbranched alkanes of at least 4 members (excludes halogenated alkanes) is 35. The third-order valence-electron chi connectivity index (χ3n) is 12.4. The Morgan fingerprint density at radius 1 is 0.407 bits per heavy atom. The number of carbonyl (C=O) groups is 1. The molecule has 59 heavy (non-hydrogen) atoms. The molecular weight excluding hydrogens is 731 g/mol. The summed E-state index contributed by atoms with van der Waals surface area (Å²) >= 11 is 0. The van der Waals surface area contributed by atoms with Crippen LogP contribution in [-0.4, -0.2) is 57.3 Å². The van der Waals surface area contributed by atoms with E-state index in [2.05, 4.69) is 43.5 Å². The summed E-state index contributed by atoms with van der Waals surface area (Å²) in [7, 11) is 0. The molecule has 6 nitrogen and oxygen atoms in total. The van der Waals surface area contributed by atoms with Crippen LogP contribution < -0.4 is 5.32 Å². The number of aliphatic hydroxyl groups is 4. The predicted molar refractivity (Wildman–Crippen MR) is 256 cm³/mol. The fraction of sp³-hybridized carbons (Fsp3) is 0.906. The highest BCUT2D eigenvalue weighted by Gasteiger charge is 2.28. The molecule has 0 heterocycles. The summed E-state index contributed by atoms with van der Waals surface area (Å²) in [5.41, 5.74) is 0. The van der Waals surface area contributed by atoms with E-state index in [9.17, 15) is 25.2 Å². The Morgan fingerprint density at radius 2 is 0.695 bits per heavy atom. The van der Waals surface area contributed by atoms with Crippen molar-refractivity contribution in [1.82, 2.24) is 5.32 Å². The molecule has 0 radical (unpaired) electrons. The SMILES string of the molecule is CCCCC/C=C\CCCCCCC(O)C(=O)NC(CO)C(O)C(O)CCC/C=C/CCCCCCCCCCCCCCCCCCCCCCCCCCCCC. The van der Waals surface area contributed by atoms with Crippen LogP contribution in [0.1, 0.15) is 277 Å². The van der Waals surface area contributed by atoms with Crippen LogP contribution in [0.15, 0.2) is 24.3 Å². The van der Waals surface area contributed by atoms with Crippen molar-refractivity contribution in [2.45, 2.75) is 301 Å². The van der Waals surface area contributed by atoms with Gasteiger partial charge in [0.05, 0.1) is 18.8 Å². The standard InChI is InChI=1S/C53H103NO5/c1-3-5-7-9-11-13-15-16-17-18-19-20-21-22-23-24-25-26-27-28-29-30-31-32-33-34-35-37-38-40-42-44-46-50(56)52(58)49(48-55)54-53(59)51(57)47-45-43-41-39-36-14-12-10-8-6-4-2/h12,14,38,40,49-52,55-58H,3-11,13,15-37,39,41-48H2,1-2H3,(H,54,59)/b14-12-,40-38+. The van der Waals surface area contributed by atoms with Crippen LogP contribution in [-0.2, 0) is 4.79 Å². The monoisotopic (exact) mass is 834 g/mol. The minimum absolute atomic E-state index is 0.349. The molecule has 0 fully saturated rings. The van der Waals surface area contributed by atoms with Gasteiger partial charge in [-0.25, -0.2) is 0 Å². The van der Waals surface area contributed by atoms with Crippen molar-refractivity contribution in [2.75, 3.05) is 6.61 Å². The van der Waals surface area contributed by atoms with E-state index in [4.69, 9.17) is 0 Å². The van der Waals surface area contributed by atoms with Crippen molar-refractivity contribution in [3.05, 3.63) is 24.3 Å². The second-order valence-electron chi connectivity index (χ2n) is 18.2. The average molecular weight is 834 g/mol. The quantitative estimate of drug-likeness (QED) is 0.0310. The maximum Gasteiger partial charge on any atom is 0.249 e. The summed E-state index contributed by atoms with van der Waals surface area (Å²) in [5.74, 6) is -0.602. The van der Waals surface area contributed by atoms with Crippen molar-refractivity contribution >= 4 is 5.91 Å². The largest absolute Gasteiger partial charge is 0.394 e. The smallest absolute Gasteiger partial charge is 0.249 e. The lowest BCUT2D eigenvalue weighted by molar-refractivity contribution is -0.132. The van der Waals surface area contributed by atoms with E-state index in [-0.39, 0.29) is 0 Å². The lowest BCUT2D eigenvalue weighted by Crippen LogP contribution is -2.53. The highest BCUT2D eigenvalue weighted by Crippen LogP contribution is 2.17. The number of amides is 1. The summed E-state index contributed by atoms with van der Waals surface area (Å²) < 4.78 is 0. The van der Waals surface area contributed by atoms with Gasteiger partial charge in [-0.15, -0.1) is 0 Å². The lowest BCUT2D eigenvalue weighted by atomic mass is 10.00. The fourth-order valence-electron chi connectivity index (χ4n) is 8.22. The second-order valence-corrected chi connectivity index (χ2v) is 18.2. The van der Waals surface area contributed by atoms with E-state index >= 15 is 0 Å². The molecular formula is C53H103NO5. The van der Waals surface area contributed by atoms with Crippen molar-refractivity contribution < 1.29 is 25.2 Å². The highest BCUT2D eigenvalue weighted by molar-refractivity contribution is 5.80. The van der Waals surface area contributed by atoms with Gasteiger partial charge in [0.1, 0.15) is 12.2 Å². The third-order valence-corrected chi connectivity index (χ3v) is 12.4. The van der Waals surface area contributed by atoms with Crippen molar-refractivity contribution in [1.29, 1.82) is 0 Å². The first-order chi connectivity index (χ1) is 29.0. The number of nitrogens with one attached hydrogen (secondary N) is 1. The first-order valence-corrected chi connectivity index (χ1v) is 26.2. The second kappa shape index (κ2) is 47.8. The van der Waals surface area contributed by atoms with Gasteiger partial charge >= 0.3 is 0 Å². The molecule has 0 aromatic heterocycles. The molecule has 4 atom stereocenters. The van der Waals surface area contributed by atoms with Gasteiger partial charge in [0.2, 0.25) is 5.91 Å². The molecule has 6 heteroatoms. The average Bonchev–Trinajstić information content (AvgIpc) is 3.24. The Hall–Kier alpha value is -1.21. The van der Waals surface area contributed by atoms with Gasteiger partial charge in [0.25, 0.3) is 0 Å². The van der Waals surface area contributed by atoms with Crippen LogP contribution in [0.2, 0.25) is 0 Å². The van der Waals surface area contributed by atoms with E-state index < -0.39 is 36.9 Å². The van der Waals surface area contributed by atoms with Gasteiger partial charge in [0, 0.05) is 0 Å². The van der Waals surface area contributed by atoms with E-state index in [1.165, 1.54) is 193 Å². The summed E-state index contributed by atoms with van der Waals surface area (Å²) in [6.45, 7) is 4.02. The minimum atomic E-state index is -1.28. The molecule has 0 aromatic rings. The molecule has 0 bridgehead atoms. The highest BCUT2D eigenvalue weighted by atomic mass is 16.3. The zero-order valence-electron chi connectivity index (χ0n) is 39.5. The first kappa shape index (κ1) is 57.8. The molecule has 1 amide bonds. The number of aliphatic hydroxyl groups excluding tert-OH is 4. The van der Waals surface area contributed by atoms with Crippen molar-refractivity contribution in [3.8, 4) is 0 Å². The fourth-order valence-corrected chi connectivity index (χ4v) is 8.22. The Labute approximate surface area is 367 Å². The Morgan fingerprint density at radius 3 is 1.05 bits per heavy atom. The molecule has 0 saturated carbocycles. The van der Waals surface area contributed by atoms with Crippen LogP contribution in [0.5, 0.6) is 0 Å². The zero-order chi connectivity index (χ0) is 43.1. The summed E-state index contributed by atoms with van der Waals surface area (Å²) in [5, 5.41) is 43.7. The topological polar surface area (TPSA) is 110 Å². The van der Waals surface area contributed by atoms with Crippen LogP contribution in [0.4, 0.5) is 0 Å². The molecule has 350 valence electrons. The third kappa shape index (κ3) is 41.9. The van der Waals surface area contributed by atoms with E-state index in [1.54, 1.807) is 0 Å². The predicted octanol–water partition coefficient (Wildman–Crippen LogP) is 14.7. The number of carbonyl (C=O) groups excluding carboxylic acids is 1. The maximum absolute atomic E-state index is 12.5. The Kier molecular flexibility index (Phi) is 46.9. The molecule has 5 N–H and O–H groups in total. The molecule has 0 aliphatic rings. The Balaban J connectivity index is 3.57. The van der Waals surface area contributed by atoms with Crippen LogP contribution >= 0.6 is 0 Å². The van der Waals surface area contributed by atoms with Crippen molar-refractivity contribution in [3.63, 3.8) is 0 Å². The summed E-state index contributed by atoms with van der Waals surface area (Å²) in [4.78, 5) is 12.5.